The molecule has 174 valence electrons. The number of amides is 1. The summed E-state index contributed by atoms with van der Waals surface area (Å²) in [7, 11) is 0. The van der Waals surface area contributed by atoms with Gasteiger partial charge in [-0.2, -0.15) is 0 Å². The van der Waals surface area contributed by atoms with Crippen LogP contribution in [-0.4, -0.2) is 30.8 Å². The molecule has 8 heteroatoms. The molecule has 0 aliphatic carbocycles. The van der Waals surface area contributed by atoms with Gasteiger partial charge in [-0.15, -0.1) is 0 Å². The van der Waals surface area contributed by atoms with E-state index in [0.717, 1.165) is 28.0 Å². The van der Waals surface area contributed by atoms with E-state index in [1.165, 1.54) is 11.9 Å². The highest BCUT2D eigenvalue weighted by molar-refractivity contribution is 6.05. The Labute approximate surface area is 202 Å². The van der Waals surface area contributed by atoms with Crippen molar-refractivity contribution in [1.29, 1.82) is 0 Å². The smallest absolute Gasteiger partial charge is 0.255 e. The molecule has 0 bridgehead atoms. The number of aryl methyl sites for hydroxylation is 1. The van der Waals surface area contributed by atoms with Gasteiger partial charge in [0.2, 0.25) is 0 Å². The van der Waals surface area contributed by atoms with Gasteiger partial charge in [-0.05, 0) is 60.4 Å². The maximum absolute atomic E-state index is 13.0. The molecule has 3 aromatic heterocycles. The third-order valence-corrected chi connectivity index (χ3v) is 5.85. The fraction of sp³-hybridized carbons (Fsp3) is 0.148. The molecule has 0 radical (unpaired) electrons. The molecule has 0 saturated carbocycles. The number of hydrogen-bond acceptors (Lipinski definition) is 6. The Kier molecular flexibility index (Phi) is 5.93. The van der Waals surface area contributed by atoms with Crippen LogP contribution in [0.25, 0.3) is 22.4 Å². The first-order chi connectivity index (χ1) is 17.0. The van der Waals surface area contributed by atoms with E-state index in [9.17, 15) is 4.79 Å². The molecule has 5 rings (SSSR count). The highest BCUT2D eigenvalue weighted by atomic mass is 16.1. The molecule has 0 aliphatic heterocycles. The molecule has 0 fully saturated rings. The van der Waals surface area contributed by atoms with E-state index in [-0.39, 0.29) is 5.91 Å². The lowest BCUT2D eigenvalue weighted by Gasteiger charge is -2.14. The maximum atomic E-state index is 13.0. The van der Waals surface area contributed by atoms with Crippen LogP contribution in [0.3, 0.4) is 0 Å². The van der Waals surface area contributed by atoms with E-state index in [0.29, 0.717) is 28.6 Å². The minimum Gasteiger partial charge on any atom is -0.341 e. The Balaban J connectivity index is 1.44. The predicted octanol–water partition coefficient (Wildman–Crippen LogP) is 5.84. The third-order valence-electron chi connectivity index (χ3n) is 5.85. The predicted molar refractivity (Wildman–Crippen MR) is 138 cm³/mol. The lowest BCUT2D eigenvalue weighted by molar-refractivity contribution is 0.102. The summed E-state index contributed by atoms with van der Waals surface area (Å²) in [6.07, 6.45) is 4.79. The lowest BCUT2D eigenvalue weighted by atomic mass is 10.0. The van der Waals surface area contributed by atoms with Gasteiger partial charge in [-0.3, -0.25) is 4.79 Å². The minimum atomic E-state index is -0.176. The zero-order valence-corrected chi connectivity index (χ0v) is 19.7. The number of carbonyl (C=O) groups excluding carboxylic acids is 1. The number of aromatic nitrogens is 5. The van der Waals surface area contributed by atoms with E-state index < -0.39 is 0 Å². The van der Waals surface area contributed by atoms with E-state index in [1.54, 1.807) is 12.5 Å². The van der Waals surface area contributed by atoms with Gasteiger partial charge >= 0.3 is 0 Å². The van der Waals surface area contributed by atoms with Crippen molar-refractivity contribution in [2.75, 3.05) is 10.6 Å². The van der Waals surface area contributed by atoms with Crippen LogP contribution in [0, 0.1) is 6.92 Å². The minimum absolute atomic E-state index is 0.176. The van der Waals surface area contributed by atoms with E-state index >= 15 is 0 Å². The normalized spacial score (nSPS) is 11.1. The topological polar surface area (TPSA) is 108 Å². The van der Waals surface area contributed by atoms with Crippen LogP contribution in [0.4, 0.5) is 17.2 Å². The zero-order chi connectivity index (χ0) is 24.4. The summed E-state index contributed by atoms with van der Waals surface area (Å²) in [6, 6.07) is 17.3. The largest absolute Gasteiger partial charge is 0.341 e. The van der Waals surface area contributed by atoms with Crippen molar-refractivity contribution in [3.8, 4) is 11.3 Å². The fourth-order valence-corrected chi connectivity index (χ4v) is 3.87. The molecule has 2 aromatic carbocycles. The molecule has 0 aliphatic rings. The maximum Gasteiger partial charge on any atom is 0.255 e. The molecule has 0 atom stereocenters. The summed E-state index contributed by atoms with van der Waals surface area (Å²) in [5.74, 6) is 0.824. The van der Waals surface area contributed by atoms with Crippen molar-refractivity contribution < 1.29 is 4.79 Å². The van der Waals surface area contributed by atoms with Crippen molar-refractivity contribution in [2.24, 2.45) is 0 Å². The zero-order valence-electron chi connectivity index (χ0n) is 19.7. The van der Waals surface area contributed by atoms with E-state index in [4.69, 9.17) is 0 Å². The summed E-state index contributed by atoms with van der Waals surface area (Å²) in [6.45, 7) is 6.24. The number of nitrogens with zero attached hydrogens (tertiary/aromatic N) is 4. The standard InChI is InChI=1S/C27H25N7O/c1-16(2)18-6-4-7-20(12-18)33-27(35)19-10-9-17(3)22(13-19)34-25-21(8-5-11-28-25)23-24-26(31-14-29-23)32-15-30-24/h4-16H,1-3H3,(H,28,34)(H,33,35)(H,29,30,31,32). The van der Waals surface area contributed by atoms with Gasteiger partial charge in [0.25, 0.3) is 5.91 Å². The van der Waals surface area contributed by atoms with Gasteiger partial charge in [0.1, 0.15) is 23.4 Å². The van der Waals surface area contributed by atoms with Crippen LogP contribution in [0.2, 0.25) is 0 Å². The second kappa shape index (κ2) is 9.34. The summed E-state index contributed by atoms with van der Waals surface area (Å²) in [5, 5.41) is 6.40. The number of imidazole rings is 1. The quantitative estimate of drug-likeness (QED) is 0.292. The molecule has 1 amide bonds. The summed E-state index contributed by atoms with van der Waals surface area (Å²) in [4.78, 5) is 33.6. The van der Waals surface area contributed by atoms with Crippen molar-refractivity contribution in [2.45, 2.75) is 26.7 Å². The molecule has 0 unspecified atom stereocenters. The number of fused-ring (bicyclic) bond motifs is 1. The van der Waals surface area contributed by atoms with Gasteiger partial charge in [0.15, 0.2) is 5.65 Å². The van der Waals surface area contributed by atoms with Crippen LogP contribution in [0.15, 0.2) is 73.4 Å². The van der Waals surface area contributed by atoms with Crippen LogP contribution >= 0.6 is 0 Å². The molecular formula is C27H25N7O. The highest BCUT2D eigenvalue weighted by Gasteiger charge is 2.15. The van der Waals surface area contributed by atoms with Gasteiger partial charge in [-0.1, -0.05) is 32.0 Å². The van der Waals surface area contributed by atoms with Gasteiger partial charge in [0.05, 0.1) is 6.33 Å². The number of hydrogen-bond donors (Lipinski definition) is 3. The molecule has 0 spiro atoms. The summed E-state index contributed by atoms with van der Waals surface area (Å²) >= 11 is 0. The van der Waals surface area contributed by atoms with Crippen molar-refractivity contribution in [3.05, 3.63) is 90.1 Å². The highest BCUT2D eigenvalue weighted by Crippen LogP contribution is 2.31. The Morgan fingerprint density at radius 1 is 0.971 bits per heavy atom. The molecule has 3 N–H and O–H groups in total. The fourth-order valence-electron chi connectivity index (χ4n) is 3.87. The number of carbonyl (C=O) groups is 1. The molecule has 8 nitrogen and oxygen atoms in total. The Hall–Kier alpha value is -4.59. The number of benzene rings is 2. The number of rotatable bonds is 6. The van der Waals surface area contributed by atoms with Gasteiger partial charge < -0.3 is 15.6 Å². The first kappa shape index (κ1) is 22.2. The number of pyridine rings is 1. The molecular weight excluding hydrogens is 438 g/mol. The first-order valence-electron chi connectivity index (χ1n) is 11.4. The van der Waals surface area contributed by atoms with Crippen LogP contribution in [0.1, 0.15) is 41.3 Å². The number of aromatic amines is 1. The number of H-pyrrole nitrogens is 1. The molecule has 0 saturated heterocycles. The van der Waals surface area contributed by atoms with Gasteiger partial charge in [0, 0.05) is 28.7 Å². The van der Waals surface area contributed by atoms with Crippen molar-refractivity contribution in [1.82, 2.24) is 24.9 Å². The summed E-state index contributed by atoms with van der Waals surface area (Å²) < 4.78 is 0. The monoisotopic (exact) mass is 463 g/mol. The number of anilines is 3. The lowest BCUT2D eigenvalue weighted by Crippen LogP contribution is -2.12. The van der Waals surface area contributed by atoms with Crippen molar-refractivity contribution >= 4 is 34.3 Å². The number of nitrogens with one attached hydrogen (secondary N) is 3. The third kappa shape index (κ3) is 4.59. The van der Waals surface area contributed by atoms with Gasteiger partial charge in [-0.25, -0.2) is 19.9 Å². The Morgan fingerprint density at radius 3 is 2.71 bits per heavy atom. The second-order valence-corrected chi connectivity index (χ2v) is 8.61. The average molecular weight is 464 g/mol. The van der Waals surface area contributed by atoms with E-state index in [2.05, 4.69) is 55.5 Å². The molecule has 5 aromatic rings. The van der Waals surface area contributed by atoms with E-state index in [1.807, 2.05) is 55.5 Å². The Bertz CT molecular complexity index is 1520. The van der Waals surface area contributed by atoms with Crippen LogP contribution < -0.4 is 10.6 Å². The SMILES string of the molecule is Cc1ccc(C(=O)Nc2cccc(C(C)C)c2)cc1Nc1ncccc1-c1ncnc2nc[nH]c12. The molecule has 35 heavy (non-hydrogen) atoms. The Morgan fingerprint density at radius 2 is 1.86 bits per heavy atom. The molecule has 3 heterocycles. The van der Waals surface area contributed by atoms with Crippen LogP contribution in [-0.2, 0) is 0 Å². The first-order valence-corrected chi connectivity index (χ1v) is 11.4. The van der Waals surface area contributed by atoms with Crippen molar-refractivity contribution in [3.63, 3.8) is 0 Å². The summed E-state index contributed by atoms with van der Waals surface area (Å²) in [5.41, 5.74) is 7.06. The second-order valence-electron chi connectivity index (χ2n) is 8.61. The van der Waals surface area contributed by atoms with Crippen LogP contribution in [0.5, 0.6) is 0 Å². The average Bonchev–Trinajstić information content (AvgIpc) is 3.35.